The molecule has 0 saturated heterocycles. The van der Waals surface area contributed by atoms with Crippen molar-refractivity contribution in [2.75, 3.05) is 6.61 Å². The first-order valence-corrected chi connectivity index (χ1v) is 6.51. The molecule has 0 fully saturated rings. The number of hydrogen-bond donors (Lipinski definition) is 0. The molecule has 0 spiro atoms. The van der Waals surface area contributed by atoms with E-state index in [4.69, 9.17) is 9.47 Å². The quantitative estimate of drug-likeness (QED) is 0.780. The molecular weight excluding hydrogens is 312 g/mol. The van der Waals surface area contributed by atoms with E-state index in [-0.39, 0.29) is 6.61 Å². The number of halogens is 1. The molecule has 0 bridgehead atoms. The second-order valence-corrected chi connectivity index (χ2v) is 4.78. The topological polar surface area (TPSA) is 52.6 Å². The molecule has 1 rings (SSSR count). The zero-order valence-corrected chi connectivity index (χ0v) is 12.3. The molecule has 0 aliphatic carbocycles. The van der Waals surface area contributed by atoms with Crippen LogP contribution in [0.2, 0.25) is 0 Å². The molecule has 19 heavy (non-hydrogen) atoms. The summed E-state index contributed by atoms with van der Waals surface area (Å²) < 4.78 is 10.9. The monoisotopic (exact) mass is 326 g/mol. The van der Waals surface area contributed by atoms with E-state index in [0.717, 1.165) is 10.0 Å². The average molecular weight is 327 g/mol. The molecule has 1 unspecified atom stereocenters. The van der Waals surface area contributed by atoms with E-state index in [1.54, 1.807) is 6.08 Å². The average Bonchev–Trinajstić information content (AvgIpc) is 2.34. The zero-order valence-electron chi connectivity index (χ0n) is 10.8. The van der Waals surface area contributed by atoms with Gasteiger partial charge in [-0.2, -0.15) is 0 Å². The van der Waals surface area contributed by atoms with Gasteiger partial charge in [0.1, 0.15) is 6.61 Å². The van der Waals surface area contributed by atoms with Gasteiger partial charge in [0.15, 0.2) is 6.10 Å². The van der Waals surface area contributed by atoms with Crippen molar-refractivity contribution >= 4 is 33.9 Å². The number of rotatable bonds is 5. The van der Waals surface area contributed by atoms with Crippen molar-refractivity contribution in [2.45, 2.75) is 20.0 Å². The summed E-state index contributed by atoms with van der Waals surface area (Å²) in [6.07, 6.45) is 2.92. The molecule has 0 N–H and O–H groups in total. The Labute approximate surface area is 120 Å². The van der Waals surface area contributed by atoms with Gasteiger partial charge in [-0.25, -0.2) is 0 Å². The third-order valence-electron chi connectivity index (χ3n) is 2.14. The molecule has 0 heterocycles. The molecule has 1 atom stereocenters. The fourth-order valence-corrected chi connectivity index (χ4v) is 1.60. The van der Waals surface area contributed by atoms with Gasteiger partial charge in [-0.05, 0) is 23.8 Å². The van der Waals surface area contributed by atoms with Crippen LogP contribution in [0.25, 0.3) is 6.08 Å². The van der Waals surface area contributed by atoms with Crippen LogP contribution in [0.3, 0.4) is 0 Å². The maximum Gasteiger partial charge on any atom is 0.303 e. The minimum atomic E-state index is -0.579. The second-order valence-electron chi connectivity index (χ2n) is 3.86. The van der Waals surface area contributed by atoms with Crippen LogP contribution < -0.4 is 0 Å². The highest BCUT2D eigenvalue weighted by atomic mass is 79.9. The van der Waals surface area contributed by atoms with Gasteiger partial charge < -0.3 is 9.47 Å². The van der Waals surface area contributed by atoms with Crippen LogP contribution >= 0.6 is 15.9 Å². The molecule has 4 nitrogen and oxygen atoms in total. The van der Waals surface area contributed by atoms with E-state index in [1.165, 1.54) is 13.8 Å². The first kappa shape index (κ1) is 15.4. The van der Waals surface area contributed by atoms with E-state index in [2.05, 4.69) is 15.9 Å². The molecular formula is C14H15BrO4. The standard InChI is InChI=1S/C14H15BrO4/c1-10(16)18-9-14(19-11(2)17)8-5-12-3-6-13(15)7-4-12/h3-8,14H,9H2,1-2H3/b8-5+. The van der Waals surface area contributed by atoms with E-state index >= 15 is 0 Å². The minimum Gasteiger partial charge on any atom is -0.462 e. The van der Waals surface area contributed by atoms with Crippen LogP contribution in [0, 0.1) is 0 Å². The van der Waals surface area contributed by atoms with E-state index in [9.17, 15) is 9.59 Å². The van der Waals surface area contributed by atoms with Crippen LogP contribution in [-0.2, 0) is 19.1 Å². The van der Waals surface area contributed by atoms with Crippen molar-refractivity contribution in [2.24, 2.45) is 0 Å². The van der Waals surface area contributed by atoms with Crippen LogP contribution in [0.1, 0.15) is 19.4 Å². The number of ether oxygens (including phenoxy) is 2. The van der Waals surface area contributed by atoms with Crippen LogP contribution in [0.4, 0.5) is 0 Å². The molecule has 0 saturated carbocycles. The maximum atomic E-state index is 11.0. The third-order valence-corrected chi connectivity index (χ3v) is 2.67. The molecule has 1 aromatic rings. The fraction of sp³-hybridized carbons (Fsp3) is 0.286. The molecule has 102 valence electrons. The molecule has 0 aliphatic heterocycles. The number of esters is 2. The zero-order chi connectivity index (χ0) is 14.3. The highest BCUT2D eigenvalue weighted by Crippen LogP contribution is 2.12. The Hall–Kier alpha value is -1.62. The lowest BCUT2D eigenvalue weighted by molar-refractivity contribution is -0.153. The summed E-state index contributed by atoms with van der Waals surface area (Å²) in [7, 11) is 0. The molecule has 0 radical (unpaired) electrons. The predicted molar refractivity (Wildman–Crippen MR) is 75.4 cm³/mol. The van der Waals surface area contributed by atoms with Crippen molar-refractivity contribution in [1.29, 1.82) is 0 Å². The lowest BCUT2D eigenvalue weighted by Gasteiger charge is -2.12. The lowest BCUT2D eigenvalue weighted by atomic mass is 10.2. The predicted octanol–water partition coefficient (Wildman–Crippen LogP) is 2.96. The van der Waals surface area contributed by atoms with Gasteiger partial charge in [0, 0.05) is 18.3 Å². The van der Waals surface area contributed by atoms with Gasteiger partial charge in [-0.1, -0.05) is 34.1 Å². The van der Waals surface area contributed by atoms with E-state index < -0.39 is 18.0 Å². The summed E-state index contributed by atoms with van der Waals surface area (Å²) in [6, 6.07) is 7.65. The number of carbonyl (C=O) groups is 2. The van der Waals surface area contributed by atoms with Crippen molar-refractivity contribution in [3.8, 4) is 0 Å². The summed E-state index contributed by atoms with van der Waals surface area (Å²) in [6.45, 7) is 2.64. The Balaban J connectivity index is 2.66. The molecule has 0 aliphatic rings. The Kier molecular flexibility index (Phi) is 6.29. The SMILES string of the molecule is CC(=O)OCC(/C=C/c1ccc(Br)cc1)OC(C)=O. The van der Waals surface area contributed by atoms with Crippen molar-refractivity contribution < 1.29 is 19.1 Å². The maximum absolute atomic E-state index is 11.0. The summed E-state index contributed by atoms with van der Waals surface area (Å²) >= 11 is 3.35. The Morgan fingerprint density at radius 2 is 1.84 bits per heavy atom. The van der Waals surface area contributed by atoms with Crippen molar-refractivity contribution in [3.63, 3.8) is 0 Å². The van der Waals surface area contributed by atoms with Gasteiger partial charge in [0.25, 0.3) is 0 Å². The summed E-state index contributed by atoms with van der Waals surface area (Å²) in [5, 5.41) is 0. The Bertz CT molecular complexity index is 465. The molecule has 1 aromatic carbocycles. The van der Waals surface area contributed by atoms with E-state index in [0.29, 0.717) is 0 Å². The fourth-order valence-electron chi connectivity index (χ4n) is 1.33. The molecule has 5 heteroatoms. The summed E-state index contributed by atoms with van der Waals surface area (Å²) in [5.74, 6) is -0.827. The van der Waals surface area contributed by atoms with Gasteiger partial charge in [0.05, 0.1) is 0 Å². The summed E-state index contributed by atoms with van der Waals surface area (Å²) in [4.78, 5) is 21.7. The number of benzene rings is 1. The second kappa shape index (κ2) is 7.74. The van der Waals surface area contributed by atoms with Gasteiger partial charge in [-0.15, -0.1) is 0 Å². The Morgan fingerprint density at radius 1 is 1.21 bits per heavy atom. The molecule has 0 amide bonds. The highest BCUT2D eigenvalue weighted by molar-refractivity contribution is 9.10. The highest BCUT2D eigenvalue weighted by Gasteiger charge is 2.10. The van der Waals surface area contributed by atoms with E-state index in [1.807, 2.05) is 30.3 Å². The van der Waals surface area contributed by atoms with Gasteiger partial charge in [-0.3, -0.25) is 9.59 Å². The number of hydrogen-bond acceptors (Lipinski definition) is 4. The summed E-state index contributed by atoms with van der Waals surface area (Å²) in [5.41, 5.74) is 0.961. The normalized spacial score (nSPS) is 12.2. The Morgan fingerprint density at radius 3 is 2.37 bits per heavy atom. The third kappa shape index (κ3) is 6.76. The largest absolute Gasteiger partial charge is 0.462 e. The lowest BCUT2D eigenvalue weighted by Crippen LogP contribution is -2.21. The van der Waals surface area contributed by atoms with Gasteiger partial charge in [0.2, 0.25) is 0 Å². The van der Waals surface area contributed by atoms with Crippen molar-refractivity contribution in [3.05, 3.63) is 40.4 Å². The first-order valence-electron chi connectivity index (χ1n) is 5.71. The van der Waals surface area contributed by atoms with Gasteiger partial charge >= 0.3 is 11.9 Å². The van der Waals surface area contributed by atoms with Crippen molar-refractivity contribution in [1.82, 2.24) is 0 Å². The first-order chi connectivity index (χ1) is 8.97. The van der Waals surface area contributed by atoms with Crippen LogP contribution in [0.5, 0.6) is 0 Å². The number of carbonyl (C=O) groups excluding carboxylic acids is 2. The van der Waals surface area contributed by atoms with Crippen LogP contribution in [0.15, 0.2) is 34.8 Å². The van der Waals surface area contributed by atoms with Crippen LogP contribution in [-0.4, -0.2) is 24.6 Å². The molecule has 0 aromatic heterocycles. The smallest absolute Gasteiger partial charge is 0.303 e. The minimum absolute atomic E-state index is 0.0158.